The maximum Gasteiger partial charge on any atom is 0.290 e. The van der Waals surface area contributed by atoms with Gasteiger partial charge in [-0.3, -0.25) is 9.89 Å². The van der Waals surface area contributed by atoms with Crippen LogP contribution in [0.5, 0.6) is 0 Å². The molecule has 1 heterocycles. The molecular formula is C12H20N4O. The Balaban J connectivity index is 1.87. The van der Waals surface area contributed by atoms with Crippen LogP contribution in [0, 0.1) is 11.3 Å². The molecule has 1 aliphatic carbocycles. The number of nitrogens with zero attached hydrogens (tertiary/aromatic N) is 2. The zero-order valence-electron chi connectivity index (χ0n) is 10.9. The SMILES string of the molecule is CC(C)c1nc(C(=O)NCC2CC2(C)C)n[nH]1. The van der Waals surface area contributed by atoms with E-state index in [1.807, 2.05) is 13.8 Å². The molecule has 0 radical (unpaired) electrons. The topological polar surface area (TPSA) is 70.7 Å². The average Bonchev–Trinajstić information content (AvgIpc) is 2.68. The molecule has 1 unspecified atom stereocenters. The summed E-state index contributed by atoms with van der Waals surface area (Å²) in [6.07, 6.45) is 1.18. The molecule has 1 atom stereocenters. The second kappa shape index (κ2) is 4.13. The summed E-state index contributed by atoms with van der Waals surface area (Å²) < 4.78 is 0. The van der Waals surface area contributed by atoms with Crippen LogP contribution in [0.1, 0.15) is 56.5 Å². The standard InChI is InChI=1S/C12H20N4O/c1-7(2)9-14-10(16-15-9)11(17)13-6-8-5-12(8,3)4/h7-8H,5-6H2,1-4H3,(H,13,17)(H,14,15,16). The van der Waals surface area contributed by atoms with E-state index >= 15 is 0 Å². The third-order valence-corrected chi connectivity index (χ3v) is 3.48. The summed E-state index contributed by atoms with van der Waals surface area (Å²) >= 11 is 0. The van der Waals surface area contributed by atoms with E-state index < -0.39 is 0 Å². The summed E-state index contributed by atoms with van der Waals surface area (Å²) in [4.78, 5) is 15.9. The van der Waals surface area contributed by atoms with Gasteiger partial charge in [0.15, 0.2) is 0 Å². The third kappa shape index (κ3) is 2.65. The lowest BCUT2D eigenvalue weighted by Crippen LogP contribution is -2.27. The Hall–Kier alpha value is -1.39. The van der Waals surface area contributed by atoms with Gasteiger partial charge in [-0.2, -0.15) is 0 Å². The summed E-state index contributed by atoms with van der Waals surface area (Å²) in [6, 6.07) is 0. The molecule has 0 aliphatic heterocycles. The fourth-order valence-electron chi connectivity index (χ4n) is 1.85. The van der Waals surface area contributed by atoms with E-state index in [2.05, 4.69) is 34.3 Å². The molecule has 0 aromatic carbocycles. The number of rotatable bonds is 4. The molecule has 1 aromatic heterocycles. The highest BCUT2D eigenvalue weighted by molar-refractivity contribution is 5.90. The van der Waals surface area contributed by atoms with Crippen LogP contribution in [0.4, 0.5) is 0 Å². The zero-order valence-corrected chi connectivity index (χ0v) is 10.9. The Labute approximate surface area is 101 Å². The summed E-state index contributed by atoms with van der Waals surface area (Å²) in [5, 5.41) is 9.59. The predicted molar refractivity (Wildman–Crippen MR) is 64.7 cm³/mol. The van der Waals surface area contributed by atoms with Gasteiger partial charge in [0.1, 0.15) is 5.82 Å². The molecule has 2 N–H and O–H groups in total. The van der Waals surface area contributed by atoms with Crippen molar-refractivity contribution < 1.29 is 4.79 Å². The van der Waals surface area contributed by atoms with Crippen molar-refractivity contribution in [1.29, 1.82) is 0 Å². The van der Waals surface area contributed by atoms with Crippen LogP contribution in [0.2, 0.25) is 0 Å². The van der Waals surface area contributed by atoms with Crippen molar-refractivity contribution in [1.82, 2.24) is 20.5 Å². The summed E-state index contributed by atoms with van der Waals surface area (Å²) in [7, 11) is 0. The largest absolute Gasteiger partial charge is 0.349 e. The van der Waals surface area contributed by atoms with E-state index in [1.165, 1.54) is 6.42 Å². The molecule has 1 amide bonds. The highest BCUT2D eigenvalue weighted by Gasteiger charge is 2.45. The van der Waals surface area contributed by atoms with Crippen molar-refractivity contribution >= 4 is 5.91 Å². The normalized spacial score (nSPS) is 21.6. The Morgan fingerprint density at radius 2 is 2.24 bits per heavy atom. The van der Waals surface area contributed by atoms with Gasteiger partial charge in [-0.1, -0.05) is 27.7 Å². The van der Waals surface area contributed by atoms with Crippen molar-refractivity contribution in [3.8, 4) is 0 Å². The number of aromatic amines is 1. The number of aromatic nitrogens is 3. The van der Waals surface area contributed by atoms with Crippen LogP contribution in [-0.4, -0.2) is 27.6 Å². The van der Waals surface area contributed by atoms with Crippen LogP contribution in [0.25, 0.3) is 0 Å². The highest BCUT2D eigenvalue weighted by atomic mass is 16.2. The first-order chi connectivity index (χ1) is 7.90. The van der Waals surface area contributed by atoms with Crippen LogP contribution in [0.15, 0.2) is 0 Å². The van der Waals surface area contributed by atoms with Gasteiger partial charge in [0, 0.05) is 12.5 Å². The quantitative estimate of drug-likeness (QED) is 0.836. The first-order valence-corrected chi connectivity index (χ1v) is 6.10. The molecule has 2 rings (SSSR count). The second-order valence-electron chi connectivity index (χ2n) is 5.80. The molecule has 1 saturated carbocycles. The minimum atomic E-state index is -0.184. The van der Waals surface area contributed by atoms with E-state index in [4.69, 9.17) is 0 Å². The van der Waals surface area contributed by atoms with E-state index in [0.29, 0.717) is 11.3 Å². The fourth-order valence-corrected chi connectivity index (χ4v) is 1.85. The van der Waals surface area contributed by atoms with Crippen molar-refractivity contribution in [2.45, 2.75) is 40.0 Å². The molecule has 5 heteroatoms. The summed E-state index contributed by atoms with van der Waals surface area (Å²) in [5.41, 5.74) is 0.384. The van der Waals surface area contributed by atoms with Crippen molar-refractivity contribution in [3.63, 3.8) is 0 Å². The molecule has 5 nitrogen and oxygen atoms in total. The number of carbonyl (C=O) groups is 1. The number of nitrogens with one attached hydrogen (secondary N) is 2. The number of carbonyl (C=O) groups excluding carboxylic acids is 1. The third-order valence-electron chi connectivity index (χ3n) is 3.48. The minimum Gasteiger partial charge on any atom is -0.349 e. The van der Waals surface area contributed by atoms with Crippen LogP contribution < -0.4 is 5.32 Å². The van der Waals surface area contributed by atoms with Crippen molar-refractivity contribution in [2.75, 3.05) is 6.54 Å². The number of hydrogen-bond donors (Lipinski definition) is 2. The maximum atomic E-state index is 11.8. The highest BCUT2D eigenvalue weighted by Crippen LogP contribution is 2.50. The zero-order chi connectivity index (χ0) is 12.6. The number of H-pyrrole nitrogens is 1. The van der Waals surface area contributed by atoms with Crippen LogP contribution in [-0.2, 0) is 0 Å². The Morgan fingerprint density at radius 3 is 2.71 bits per heavy atom. The number of hydrogen-bond acceptors (Lipinski definition) is 3. The van der Waals surface area contributed by atoms with Gasteiger partial charge in [0.2, 0.25) is 5.82 Å². The molecule has 1 aliphatic rings. The molecule has 1 aromatic rings. The van der Waals surface area contributed by atoms with Crippen LogP contribution in [0.3, 0.4) is 0 Å². The van der Waals surface area contributed by atoms with E-state index in [1.54, 1.807) is 0 Å². The van der Waals surface area contributed by atoms with Gasteiger partial charge in [-0.25, -0.2) is 4.98 Å². The molecule has 1 fully saturated rings. The van der Waals surface area contributed by atoms with Gasteiger partial charge < -0.3 is 5.32 Å². The summed E-state index contributed by atoms with van der Waals surface area (Å²) in [6.45, 7) is 9.17. The minimum absolute atomic E-state index is 0.184. The predicted octanol–water partition coefficient (Wildman–Crippen LogP) is 1.70. The van der Waals surface area contributed by atoms with Crippen LogP contribution >= 0.6 is 0 Å². The van der Waals surface area contributed by atoms with Gasteiger partial charge >= 0.3 is 0 Å². The van der Waals surface area contributed by atoms with Gasteiger partial charge in [-0.15, -0.1) is 5.10 Å². The Bertz CT molecular complexity index is 422. The molecule has 0 saturated heterocycles. The van der Waals surface area contributed by atoms with E-state index in [-0.39, 0.29) is 17.6 Å². The summed E-state index contributed by atoms with van der Waals surface area (Å²) in [5.74, 6) is 1.66. The lowest BCUT2D eigenvalue weighted by atomic mass is 10.1. The molecule has 94 valence electrons. The number of amides is 1. The Kier molecular flexibility index (Phi) is 2.93. The van der Waals surface area contributed by atoms with Gasteiger partial charge in [0.25, 0.3) is 5.91 Å². The first-order valence-electron chi connectivity index (χ1n) is 6.10. The van der Waals surface area contributed by atoms with E-state index in [0.717, 1.165) is 12.4 Å². The van der Waals surface area contributed by atoms with Gasteiger partial charge in [-0.05, 0) is 17.8 Å². The smallest absolute Gasteiger partial charge is 0.290 e. The first kappa shape index (κ1) is 12.1. The maximum absolute atomic E-state index is 11.8. The fraction of sp³-hybridized carbons (Fsp3) is 0.750. The Morgan fingerprint density at radius 1 is 1.59 bits per heavy atom. The monoisotopic (exact) mass is 236 g/mol. The second-order valence-corrected chi connectivity index (χ2v) is 5.80. The van der Waals surface area contributed by atoms with Crippen molar-refractivity contribution in [3.05, 3.63) is 11.6 Å². The molecule has 17 heavy (non-hydrogen) atoms. The van der Waals surface area contributed by atoms with Crippen molar-refractivity contribution in [2.24, 2.45) is 11.3 Å². The lowest BCUT2D eigenvalue weighted by molar-refractivity contribution is 0.0940. The van der Waals surface area contributed by atoms with E-state index in [9.17, 15) is 4.79 Å². The molecule has 0 spiro atoms. The van der Waals surface area contributed by atoms with Gasteiger partial charge in [0.05, 0.1) is 0 Å². The molecular weight excluding hydrogens is 216 g/mol. The average molecular weight is 236 g/mol. The lowest BCUT2D eigenvalue weighted by Gasteiger charge is -2.04. The molecule has 0 bridgehead atoms.